The first-order chi connectivity index (χ1) is 27.1. The van der Waals surface area contributed by atoms with E-state index in [4.69, 9.17) is 21.1 Å². The number of hydrogen-bond acceptors (Lipinski definition) is 9. The Kier molecular flexibility index (Phi) is 11.7. The molecule has 4 fully saturated rings. The van der Waals surface area contributed by atoms with Gasteiger partial charge >= 0.3 is 6.18 Å². The van der Waals surface area contributed by atoms with E-state index in [2.05, 4.69) is 15.0 Å². The van der Waals surface area contributed by atoms with Gasteiger partial charge in [-0.25, -0.2) is 13.4 Å². The van der Waals surface area contributed by atoms with Gasteiger partial charge in [-0.15, -0.1) is 0 Å². The minimum atomic E-state index is -4.35. The van der Waals surface area contributed by atoms with E-state index in [-0.39, 0.29) is 57.6 Å². The average Bonchev–Trinajstić information content (AvgIpc) is 4.10. The van der Waals surface area contributed by atoms with Gasteiger partial charge in [-0.1, -0.05) is 36.6 Å². The fourth-order valence-electron chi connectivity index (χ4n) is 8.36. The lowest BCUT2D eigenvalue weighted by Gasteiger charge is -2.34. The summed E-state index contributed by atoms with van der Waals surface area (Å²) < 4.78 is 79.8. The van der Waals surface area contributed by atoms with Crippen molar-refractivity contribution in [2.24, 2.45) is 17.8 Å². The standard InChI is InChI=1S/C39H47ClF3N5O8S/c1-55-31-12-11-29-28(33(31)40)13-16-44-35(29)56-26-20-30-34(50)45-38(37(52)46-57(53,54)27-9-10-27)21-25(38)8-6-4-2-3-5-7-23(36(51)48(30)22-26)19-32(49)47-17-14-24(15-18-47)39(41,42)43/h6,8,11-13,16,23-27,30H,2-5,7,9-10,14-15,17-22H2,1H3,(H,45,50)(H,46,52)/b8-6-/t23-,25?,26-,30+,38-/m1/s1. The minimum Gasteiger partial charge on any atom is -0.495 e. The Morgan fingerprint density at radius 3 is 2.51 bits per heavy atom. The lowest BCUT2D eigenvalue weighted by Crippen LogP contribution is -2.57. The van der Waals surface area contributed by atoms with Crippen molar-refractivity contribution in [3.8, 4) is 11.6 Å². The smallest absolute Gasteiger partial charge is 0.391 e. The molecule has 2 saturated carbocycles. The minimum absolute atomic E-state index is 0.0241. The average molecular weight is 838 g/mol. The van der Waals surface area contributed by atoms with E-state index in [9.17, 15) is 40.8 Å². The van der Waals surface area contributed by atoms with Crippen LogP contribution in [0.1, 0.15) is 77.0 Å². The largest absolute Gasteiger partial charge is 0.495 e. The number of halogens is 4. The number of rotatable bonds is 8. The maximum absolute atomic E-state index is 14.7. The predicted octanol–water partition coefficient (Wildman–Crippen LogP) is 5.06. The summed E-state index contributed by atoms with van der Waals surface area (Å²) in [7, 11) is -2.45. The first-order valence-electron chi connectivity index (χ1n) is 19.6. The van der Waals surface area contributed by atoms with Gasteiger partial charge in [0.05, 0.1) is 29.8 Å². The molecular weight excluding hydrogens is 791 g/mol. The molecule has 4 heterocycles. The third-order valence-electron chi connectivity index (χ3n) is 12.0. The van der Waals surface area contributed by atoms with E-state index < -0.39 is 80.5 Å². The number of alkyl halides is 3. The molecule has 18 heteroatoms. The molecule has 5 atom stereocenters. The van der Waals surface area contributed by atoms with Crippen LogP contribution >= 0.6 is 11.6 Å². The molecule has 2 N–H and O–H groups in total. The van der Waals surface area contributed by atoms with E-state index in [1.165, 1.54) is 23.1 Å². The molecule has 0 bridgehead atoms. The number of nitrogens with one attached hydrogen (secondary N) is 2. The lowest BCUT2D eigenvalue weighted by molar-refractivity contribution is -0.186. The molecule has 57 heavy (non-hydrogen) atoms. The zero-order valence-corrected chi connectivity index (χ0v) is 33.1. The first kappa shape index (κ1) is 41.1. The van der Waals surface area contributed by atoms with Gasteiger partial charge in [0.2, 0.25) is 33.6 Å². The Bertz CT molecular complexity index is 2040. The fraction of sp³-hybridized carbons (Fsp3) is 0.615. The number of carbonyl (C=O) groups excluding carboxylic acids is 4. The summed E-state index contributed by atoms with van der Waals surface area (Å²) in [5, 5.41) is 3.67. The summed E-state index contributed by atoms with van der Waals surface area (Å²) in [5.41, 5.74) is -1.56. The van der Waals surface area contributed by atoms with Crippen molar-refractivity contribution in [1.29, 1.82) is 0 Å². The zero-order chi connectivity index (χ0) is 40.7. The second-order valence-corrected chi connectivity index (χ2v) is 18.2. The SMILES string of the molecule is COc1ccc2c(O[C@@H]3C[C@H]4C(=O)N[C@]5(C(=O)NS(=O)(=O)C6CC6)CC5/C=C\CCCCC[C@H](CC(=O)N5CCC(C(F)(F)F)CC5)C(=O)N4C3)nccc2c1Cl. The number of aromatic nitrogens is 1. The number of fused-ring (bicyclic) bond motifs is 3. The van der Waals surface area contributed by atoms with Gasteiger partial charge < -0.3 is 24.6 Å². The Morgan fingerprint density at radius 1 is 1.05 bits per heavy atom. The van der Waals surface area contributed by atoms with Crippen molar-refractivity contribution in [3.05, 3.63) is 41.6 Å². The summed E-state index contributed by atoms with van der Waals surface area (Å²) in [6, 6.07) is 3.91. The quantitative estimate of drug-likeness (QED) is 0.346. The molecular formula is C39H47ClF3N5O8S. The molecule has 3 aliphatic heterocycles. The van der Waals surface area contributed by atoms with Crippen LogP contribution < -0.4 is 19.5 Å². The molecule has 4 amide bonds. The van der Waals surface area contributed by atoms with Crippen molar-refractivity contribution in [1.82, 2.24) is 24.8 Å². The highest BCUT2D eigenvalue weighted by atomic mass is 35.5. The monoisotopic (exact) mass is 837 g/mol. The Balaban J connectivity index is 1.17. The van der Waals surface area contributed by atoms with Crippen LogP contribution in [0.4, 0.5) is 13.2 Å². The van der Waals surface area contributed by atoms with Crippen molar-refractivity contribution >= 4 is 56.0 Å². The normalized spacial score (nSPS) is 28.4. The van der Waals surface area contributed by atoms with E-state index in [0.29, 0.717) is 60.1 Å². The molecule has 1 aromatic heterocycles. The third-order valence-corrected chi connectivity index (χ3v) is 14.2. The van der Waals surface area contributed by atoms with Crippen LogP contribution in [-0.4, -0.2) is 103 Å². The highest BCUT2D eigenvalue weighted by Crippen LogP contribution is 2.46. The number of sulfonamides is 1. The van der Waals surface area contributed by atoms with E-state index in [0.717, 1.165) is 6.42 Å². The number of pyridine rings is 1. The van der Waals surface area contributed by atoms with Gasteiger partial charge in [-0.3, -0.25) is 23.9 Å². The second kappa shape index (κ2) is 16.3. The number of carbonyl (C=O) groups is 4. The van der Waals surface area contributed by atoms with Gasteiger partial charge in [0, 0.05) is 54.7 Å². The molecule has 0 spiro atoms. The van der Waals surface area contributed by atoms with Crippen LogP contribution in [0.3, 0.4) is 0 Å². The molecule has 1 aromatic carbocycles. The van der Waals surface area contributed by atoms with Gasteiger partial charge in [0.25, 0.3) is 5.91 Å². The number of amides is 4. The van der Waals surface area contributed by atoms with Crippen molar-refractivity contribution in [2.45, 2.75) is 106 Å². The number of nitrogens with zero attached hydrogens (tertiary/aromatic N) is 3. The summed E-state index contributed by atoms with van der Waals surface area (Å²) >= 11 is 6.58. The number of methoxy groups -OCH3 is 1. The molecule has 2 aromatic rings. The van der Waals surface area contributed by atoms with Crippen LogP contribution in [0.25, 0.3) is 10.8 Å². The van der Waals surface area contributed by atoms with E-state index in [1.54, 1.807) is 18.2 Å². The fourth-order valence-corrected chi connectivity index (χ4v) is 10.0. The summed E-state index contributed by atoms with van der Waals surface area (Å²) in [6.07, 6.45) is 3.42. The van der Waals surface area contributed by atoms with Gasteiger partial charge in [0.15, 0.2) is 0 Å². The molecule has 2 saturated heterocycles. The van der Waals surface area contributed by atoms with Crippen molar-refractivity contribution in [3.63, 3.8) is 0 Å². The number of piperidine rings is 1. The summed E-state index contributed by atoms with van der Waals surface area (Å²) in [4.78, 5) is 63.6. The number of benzene rings is 1. The topological polar surface area (TPSA) is 164 Å². The molecule has 0 radical (unpaired) electrons. The number of allylic oxidation sites excluding steroid dienone is 1. The van der Waals surface area contributed by atoms with E-state index in [1.807, 2.05) is 12.2 Å². The van der Waals surface area contributed by atoms with Gasteiger partial charge in [-0.05, 0) is 69.6 Å². The van der Waals surface area contributed by atoms with Crippen LogP contribution in [0, 0.1) is 17.8 Å². The zero-order valence-electron chi connectivity index (χ0n) is 31.6. The van der Waals surface area contributed by atoms with Crippen LogP contribution in [0.5, 0.6) is 11.6 Å². The number of ether oxygens (including phenoxy) is 2. The summed E-state index contributed by atoms with van der Waals surface area (Å²) in [6.45, 7) is -0.230. The van der Waals surface area contributed by atoms with E-state index >= 15 is 0 Å². The van der Waals surface area contributed by atoms with Crippen LogP contribution in [-0.2, 0) is 29.2 Å². The number of hydrogen-bond donors (Lipinski definition) is 2. The molecule has 13 nitrogen and oxygen atoms in total. The maximum atomic E-state index is 14.7. The Morgan fingerprint density at radius 2 is 1.81 bits per heavy atom. The van der Waals surface area contributed by atoms with Crippen molar-refractivity contribution < 1.29 is 50.2 Å². The van der Waals surface area contributed by atoms with Crippen LogP contribution in [0.15, 0.2) is 36.5 Å². The van der Waals surface area contributed by atoms with Crippen molar-refractivity contribution in [2.75, 3.05) is 26.7 Å². The number of likely N-dealkylation sites (tertiary alicyclic amines) is 1. The second-order valence-electron chi connectivity index (χ2n) is 15.9. The molecule has 2 aliphatic carbocycles. The van der Waals surface area contributed by atoms with Gasteiger partial charge in [0.1, 0.15) is 23.4 Å². The maximum Gasteiger partial charge on any atom is 0.391 e. The summed E-state index contributed by atoms with van der Waals surface area (Å²) in [5.74, 6) is -4.66. The molecule has 310 valence electrons. The lowest BCUT2D eigenvalue weighted by atomic mass is 9.92. The highest BCUT2D eigenvalue weighted by Gasteiger charge is 2.62. The first-order valence-corrected chi connectivity index (χ1v) is 21.5. The van der Waals surface area contributed by atoms with Crippen LogP contribution in [0.2, 0.25) is 5.02 Å². The molecule has 5 aliphatic rings. The van der Waals surface area contributed by atoms with Gasteiger partial charge in [-0.2, -0.15) is 13.2 Å². The molecule has 7 rings (SSSR count). The predicted molar refractivity (Wildman–Crippen MR) is 203 cm³/mol. The molecule has 1 unspecified atom stereocenters. The highest BCUT2D eigenvalue weighted by molar-refractivity contribution is 7.91. The Hall–Kier alpha value is -4.12. The Labute approximate surface area is 334 Å². The third kappa shape index (κ3) is 8.83.